The molecule has 4 nitrogen and oxygen atoms in total. The fourth-order valence-corrected chi connectivity index (χ4v) is 3.17. The van der Waals surface area contributed by atoms with Crippen molar-refractivity contribution in [2.24, 2.45) is 0 Å². The van der Waals surface area contributed by atoms with Gasteiger partial charge in [0.1, 0.15) is 34.2 Å². The van der Waals surface area contributed by atoms with Crippen LogP contribution in [0.5, 0.6) is 11.5 Å². The van der Waals surface area contributed by atoms with Crippen LogP contribution in [-0.4, -0.2) is 11.7 Å². The molecular weight excluding hydrogens is 432 g/mol. The van der Waals surface area contributed by atoms with Crippen LogP contribution in [0, 0.1) is 18.6 Å². The number of methoxy groups -OCH3 is 1. The van der Waals surface area contributed by atoms with E-state index in [4.69, 9.17) is 9.47 Å². The quantitative estimate of drug-likeness (QED) is 0.540. The van der Waals surface area contributed by atoms with Gasteiger partial charge in [-0.1, -0.05) is 12.1 Å². The number of hydrogen-bond donors (Lipinski definition) is 0. The van der Waals surface area contributed by atoms with Crippen molar-refractivity contribution in [3.63, 3.8) is 0 Å². The van der Waals surface area contributed by atoms with Gasteiger partial charge in [-0.2, -0.15) is 0 Å². The lowest BCUT2D eigenvalue weighted by Gasteiger charge is -2.15. The number of aryl methyl sites for hydroxylation is 1. The van der Waals surface area contributed by atoms with Gasteiger partial charge in [0.05, 0.1) is 13.7 Å². The van der Waals surface area contributed by atoms with E-state index in [-0.39, 0.29) is 22.2 Å². The highest BCUT2D eigenvalue weighted by Gasteiger charge is 2.14. The first kappa shape index (κ1) is 20.1. The Morgan fingerprint density at radius 3 is 2.43 bits per heavy atom. The largest absolute Gasteiger partial charge is 0.497 e. The zero-order valence-corrected chi connectivity index (χ0v) is 16.9. The normalized spacial score (nSPS) is 10.8. The van der Waals surface area contributed by atoms with Crippen LogP contribution in [-0.2, 0) is 13.2 Å². The molecule has 0 aliphatic rings. The van der Waals surface area contributed by atoms with Gasteiger partial charge in [0.25, 0.3) is 5.56 Å². The number of nitrogens with zero attached hydrogens (tertiary/aromatic N) is 1. The van der Waals surface area contributed by atoms with Crippen LogP contribution in [0.2, 0.25) is 0 Å². The van der Waals surface area contributed by atoms with Gasteiger partial charge in [0.2, 0.25) is 0 Å². The predicted octanol–water partition coefficient (Wildman–Crippen LogP) is 4.83. The third-order valence-electron chi connectivity index (χ3n) is 4.31. The molecule has 0 amide bonds. The Hall–Kier alpha value is -2.67. The van der Waals surface area contributed by atoms with Crippen molar-refractivity contribution < 1.29 is 18.3 Å². The van der Waals surface area contributed by atoms with Crippen molar-refractivity contribution in [1.29, 1.82) is 0 Å². The molecule has 0 atom stereocenters. The standard InChI is InChI=1S/C21H18BrF2NO3/c1-13-9-19(28-12-15-5-6-16(23)10-18(15)24)20(22)21(26)25(13)11-14-3-7-17(27-2)8-4-14/h3-10H,11-12H2,1-2H3. The molecule has 0 saturated heterocycles. The summed E-state index contributed by atoms with van der Waals surface area (Å²) in [5, 5.41) is 0. The summed E-state index contributed by atoms with van der Waals surface area (Å²) in [6.07, 6.45) is 0. The van der Waals surface area contributed by atoms with E-state index in [1.54, 1.807) is 24.7 Å². The van der Waals surface area contributed by atoms with E-state index >= 15 is 0 Å². The molecule has 7 heteroatoms. The van der Waals surface area contributed by atoms with Gasteiger partial charge < -0.3 is 14.0 Å². The topological polar surface area (TPSA) is 40.5 Å². The van der Waals surface area contributed by atoms with Gasteiger partial charge in [0.15, 0.2) is 0 Å². The molecule has 1 aromatic heterocycles. The average molecular weight is 450 g/mol. The molecule has 2 aromatic carbocycles. The Kier molecular flexibility index (Phi) is 6.14. The zero-order valence-electron chi connectivity index (χ0n) is 15.3. The highest BCUT2D eigenvalue weighted by Crippen LogP contribution is 2.24. The number of pyridine rings is 1. The summed E-state index contributed by atoms with van der Waals surface area (Å²) < 4.78 is 39.4. The highest BCUT2D eigenvalue weighted by atomic mass is 79.9. The molecule has 0 bridgehead atoms. The molecule has 28 heavy (non-hydrogen) atoms. The molecule has 146 valence electrons. The van der Waals surface area contributed by atoms with E-state index in [2.05, 4.69) is 15.9 Å². The van der Waals surface area contributed by atoms with Crippen LogP contribution < -0.4 is 15.0 Å². The van der Waals surface area contributed by atoms with Gasteiger partial charge in [0, 0.05) is 23.4 Å². The Labute approximate surface area is 169 Å². The predicted molar refractivity (Wildman–Crippen MR) is 106 cm³/mol. The van der Waals surface area contributed by atoms with E-state index in [1.807, 2.05) is 24.3 Å². The molecule has 1 heterocycles. The summed E-state index contributed by atoms with van der Waals surface area (Å²) in [6, 6.07) is 12.4. The maximum Gasteiger partial charge on any atom is 0.269 e. The minimum atomic E-state index is -0.694. The van der Waals surface area contributed by atoms with Crippen LogP contribution in [0.4, 0.5) is 8.78 Å². The Balaban J connectivity index is 1.82. The number of halogens is 3. The molecule has 0 aliphatic carbocycles. The van der Waals surface area contributed by atoms with Crippen LogP contribution >= 0.6 is 15.9 Å². The molecule has 0 aliphatic heterocycles. The maximum atomic E-state index is 13.8. The summed E-state index contributed by atoms with van der Waals surface area (Å²) in [4.78, 5) is 12.7. The Morgan fingerprint density at radius 1 is 1.07 bits per heavy atom. The van der Waals surface area contributed by atoms with Crippen molar-refractivity contribution in [2.75, 3.05) is 7.11 Å². The van der Waals surface area contributed by atoms with E-state index in [0.717, 1.165) is 23.4 Å². The number of benzene rings is 2. The third-order valence-corrected chi connectivity index (χ3v) is 5.04. The minimum absolute atomic E-state index is 0.119. The van der Waals surface area contributed by atoms with Crippen LogP contribution in [0.15, 0.2) is 57.8 Å². The SMILES string of the molecule is COc1ccc(Cn2c(C)cc(OCc3ccc(F)cc3F)c(Br)c2=O)cc1. The van der Waals surface area contributed by atoms with E-state index < -0.39 is 11.6 Å². The summed E-state index contributed by atoms with van der Waals surface area (Å²) >= 11 is 3.27. The lowest BCUT2D eigenvalue weighted by atomic mass is 10.2. The Morgan fingerprint density at radius 2 is 1.79 bits per heavy atom. The van der Waals surface area contributed by atoms with Crippen LogP contribution in [0.1, 0.15) is 16.8 Å². The molecule has 0 saturated carbocycles. The molecule has 0 unspecified atom stereocenters. The molecule has 0 radical (unpaired) electrons. The van der Waals surface area contributed by atoms with Gasteiger partial charge in [-0.25, -0.2) is 8.78 Å². The van der Waals surface area contributed by atoms with Crippen molar-refractivity contribution in [2.45, 2.75) is 20.1 Å². The number of hydrogen-bond acceptors (Lipinski definition) is 3. The third kappa shape index (κ3) is 4.42. The fourth-order valence-electron chi connectivity index (χ4n) is 2.72. The van der Waals surface area contributed by atoms with E-state index in [9.17, 15) is 13.6 Å². The number of ether oxygens (including phenoxy) is 2. The second-order valence-electron chi connectivity index (χ2n) is 6.23. The molecular formula is C21H18BrF2NO3. The lowest BCUT2D eigenvalue weighted by Crippen LogP contribution is -2.24. The first-order chi connectivity index (χ1) is 13.4. The van der Waals surface area contributed by atoms with Gasteiger partial charge in [-0.3, -0.25) is 4.79 Å². The van der Waals surface area contributed by atoms with Crippen molar-refractivity contribution in [3.05, 3.63) is 91.8 Å². The average Bonchev–Trinajstić information content (AvgIpc) is 2.68. The van der Waals surface area contributed by atoms with Gasteiger partial charge >= 0.3 is 0 Å². The van der Waals surface area contributed by atoms with Gasteiger partial charge in [-0.15, -0.1) is 0 Å². The van der Waals surface area contributed by atoms with E-state index in [1.165, 1.54) is 6.07 Å². The lowest BCUT2D eigenvalue weighted by molar-refractivity contribution is 0.296. The summed E-state index contributed by atoms with van der Waals surface area (Å²) in [5.74, 6) is -0.303. The first-order valence-corrected chi connectivity index (χ1v) is 9.28. The highest BCUT2D eigenvalue weighted by molar-refractivity contribution is 9.10. The summed E-state index contributed by atoms with van der Waals surface area (Å²) in [6.45, 7) is 2.06. The second-order valence-corrected chi connectivity index (χ2v) is 7.02. The second kappa shape index (κ2) is 8.56. The number of aromatic nitrogens is 1. The molecule has 0 fully saturated rings. The minimum Gasteiger partial charge on any atom is -0.497 e. The summed E-state index contributed by atoms with van der Waals surface area (Å²) in [7, 11) is 1.59. The summed E-state index contributed by atoms with van der Waals surface area (Å²) in [5.41, 5.74) is 1.58. The van der Waals surface area contributed by atoms with Gasteiger partial charge in [-0.05, 0) is 52.7 Å². The zero-order chi connectivity index (χ0) is 20.3. The number of rotatable bonds is 6. The first-order valence-electron chi connectivity index (χ1n) is 8.48. The fraction of sp³-hybridized carbons (Fsp3) is 0.190. The monoisotopic (exact) mass is 449 g/mol. The van der Waals surface area contributed by atoms with Crippen molar-refractivity contribution >= 4 is 15.9 Å². The van der Waals surface area contributed by atoms with E-state index in [0.29, 0.717) is 18.0 Å². The van der Waals surface area contributed by atoms with Crippen molar-refractivity contribution in [3.8, 4) is 11.5 Å². The molecule has 0 spiro atoms. The van der Waals surface area contributed by atoms with Crippen molar-refractivity contribution in [1.82, 2.24) is 4.57 Å². The van der Waals surface area contributed by atoms with Crippen LogP contribution in [0.25, 0.3) is 0 Å². The maximum absolute atomic E-state index is 13.8. The molecule has 0 N–H and O–H groups in total. The molecule has 3 aromatic rings. The molecule has 3 rings (SSSR count). The van der Waals surface area contributed by atoms with Crippen LogP contribution in [0.3, 0.4) is 0 Å². The smallest absolute Gasteiger partial charge is 0.269 e. The Bertz CT molecular complexity index is 1050.